The van der Waals surface area contributed by atoms with E-state index in [4.69, 9.17) is 11.6 Å². The van der Waals surface area contributed by atoms with Gasteiger partial charge < -0.3 is 5.32 Å². The largest absolute Gasteiger partial charge is 0.346 e. The van der Waals surface area contributed by atoms with Crippen LogP contribution < -0.4 is 5.32 Å². The third-order valence-corrected chi connectivity index (χ3v) is 5.63. The van der Waals surface area contributed by atoms with Crippen LogP contribution in [-0.2, 0) is 29.7 Å². The monoisotopic (exact) mass is 382 g/mol. The van der Waals surface area contributed by atoms with Gasteiger partial charge in [-0.25, -0.2) is 8.42 Å². The van der Waals surface area contributed by atoms with Crippen LogP contribution in [0.1, 0.15) is 28.2 Å². The van der Waals surface area contributed by atoms with Crippen molar-refractivity contribution in [3.8, 4) is 0 Å². The van der Waals surface area contributed by atoms with Crippen LogP contribution >= 0.6 is 11.6 Å². The molecule has 1 amide bonds. The van der Waals surface area contributed by atoms with Gasteiger partial charge in [0.1, 0.15) is 0 Å². The van der Waals surface area contributed by atoms with E-state index in [1.54, 1.807) is 24.3 Å². The van der Waals surface area contributed by atoms with E-state index in [0.29, 0.717) is 42.3 Å². The molecule has 1 aliphatic rings. The Hall–Kier alpha value is -1.90. The van der Waals surface area contributed by atoms with E-state index >= 15 is 0 Å². The molecule has 0 fully saturated rings. The predicted molar refractivity (Wildman–Crippen MR) is 94.7 cm³/mol. The lowest BCUT2D eigenvalue weighted by Gasteiger charge is -2.16. The Kier molecular flexibility index (Phi) is 5.12. The summed E-state index contributed by atoms with van der Waals surface area (Å²) in [6.07, 6.45) is 1.91. The van der Waals surface area contributed by atoms with Crippen molar-refractivity contribution in [3.63, 3.8) is 0 Å². The number of nitrogens with zero attached hydrogens (tertiary/aromatic N) is 3. The Labute approximate surface area is 151 Å². The van der Waals surface area contributed by atoms with Gasteiger partial charge in [0.2, 0.25) is 10.0 Å². The van der Waals surface area contributed by atoms with E-state index in [1.165, 1.54) is 10.6 Å². The maximum atomic E-state index is 12.2. The van der Waals surface area contributed by atoms with Crippen LogP contribution in [0.2, 0.25) is 5.02 Å². The lowest BCUT2D eigenvalue weighted by atomic mass is 10.2. The molecule has 0 bridgehead atoms. The van der Waals surface area contributed by atoms with E-state index in [0.717, 1.165) is 5.69 Å². The van der Waals surface area contributed by atoms with Gasteiger partial charge in [-0.15, -0.1) is 0 Å². The molecule has 1 aromatic carbocycles. The molecule has 1 aromatic heterocycles. The third-order valence-electron chi connectivity index (χ3n) is 4.05. The van der Waals surface area contributed by atoms with E-state index < -0.39 is 10.0 Å². The summed E-state index contributed by atoms with van der Waals surface area (Å²) >= 11 is 6.02. The lowest BCUT2D eigenvalue weighted by molar-refractivity contribution is 0.0950. The molecule has 7 nitrogen and oxygen atoms in total. The number of amides is 1. The molecule has 0 radical (unpaired) electrons. The van der Waals surface area contributed by atoms with Crippen molar-refractivity contribution in [1.29, 1.82) is 0 Å². The average Bonchev–Trinajstić information content (AvgIpc) is 2.82. The van der Waals surface area contributed by atoms with Crippen molar-refractivity contribution >= 4 is 27.5 Å². The number of carbonyl (C=O) groups is 1. The Balaban J connectivity index is 1.70. The van der Waals surface area contributed by atoms with Crippen molar-refractivity contribution < 1.29 is 13.2 Å². The normalized spacial score (nSPS) is 15.4. The molecule has 0 saturated carbocycles. The maximum absolute atomic E-state index is 12.2. The number of halogens is 1. The SMILES string of the molecule is CS(=O)(=O)N1CCCn2nc(CNC(=O)c3ccccc3Cl)cc2C1. The molecule has 25 heavy (non-hydrogen) atoms. The van der Waals surface area contributed by atoms with Crippen LogP contribution in [-0.4, -0.2) is 41.2 Å². The van der Waals surface area contributed by atoms with Crippen LogP contribution in [0, 0.1) is 0 Å². The first-order valence-electron chi connectivity index (χ1n) is 7.88. The van der Waals surface area contributed by atoms with E-state index in [9.17, 15) is 13.2 Å². The Morgan fingerprint density at radius 3 is 2.80 bits per heavy atom. The summed E-state index contributed by atoms with van der Waals surface area (Å²) in [5.41, 5.74) is 1.92. The molecule has 0 saturated heterocycles. The van der Waals surface area contributed by atoms with Crippen molar-refractivity contribution in [2.45, 2.75) is 26.1 Å². The van der Waals surface area contributed by atoms with Crippen molar-refractivity contribution in [3.05, 3.63) is 52.3 Å². The van der Waals surface area contributed by atoms with Crippen molar-refractivity contribution in [1.82, 2.24) is 19.4 Å². The molecule has 9 heteroatoms. The van der Waals surface area contributed by atoms with Gasteiger partial charge in [-0.05, 0) is 24.6 Å². The number of nitrogens with one attached hydrogen (secondary N) is 1. The highest BCUT2D eigenvalue weighted by Gasteiger charge is 2.22. The van der Waals surface area contributed by atoms with E-state index in [1.807, 2.05) is 10.7 Å². The number of benzene rings is 1. The highest BCUT2D eigenvalue weighted by molar-refractivity contribution is 7.88. The average molecular weight is 383 g/mol. The summed E-state index contributed by atoms with van der Waals surface area (Å²) in [4.78, 5) is 12.2. The van der Waals surface area contributed by atoms with Crippen LogP contribution in [0.5, 0.6) is 0 Å². The number of hydrogen-bond acceptors (Lipinski definition) is 4. The Morgan fingerprint density at radius 2 is 2.08 bits per heavy atom. The van der Waals surface area contributed by atoms with Crippen molar-refractivity contribution in [2.75, 3.05) is 12.8 Å². The minimum Gasteiger partial charge on any atom is -0.346 e. The number of aromatic nitrogens is 2. The van der Waals surface area contributed by atoms with Gasteiger partial charge in [-0.3, -0.25) is 9.48 Å². The molecule has 0 atom stereocenters. The quantitative estimate of drug-likeness (QED) is 0.871. The minimum absolute atomic E-state index is 0.253. The summed E-state index contributed by atoms with van der Waals surface area (Å²) < 4.78 is 26.8. The zero-order valence-electron chi connectivity index (χ0n) is 13.8. The van der Waals surface area contributed by atoms with Crippen LogP contribution in [0.15, 0.2) is 30.3 Å². The second kappa shape index (κ2) is 7.15. The zero-order chi connectivity index (χ0) is 18.0. The third kappa shape index (κ3) is 4.20. The van der Waals surface area contributed by atoms with Gasteiger partial charge in [0.15, 0.2) is 0 Å². The lowest BCUT2D eigenvalue weighted by Crippen LogP contribution is -2.29. The predicted octanol–water partition coefficient (Wildman–Crippen LogP) is 1.63. The standard InChI is InChI=1S/C16H19ClN4O3S/c1-25(23,24)20-7-4-8-21-13(11-20)9-12(19-21)10-18-16(22)14-5-2-3-6-15(14)17/h2-3,5-6,9H,4,7-8,10-11H2,1H3,(H,18,22). The van der Waals surface area contributed by atoms with Crippen LogP contribution in [0.4, 0.5) is 0 Å². The molecule has 0 spiro atoms. The van der Waals surface area contributed by atoms with E-state index in [-0.39, 0.29) is 12.5 Å². The molecule has 0 unspecified atom stereocenters. The first-order chi connectivity index (χ1) is 11.8. The number of rotatable bonds is 4. The molecular weight excluding hydrogens is 364 g/mol. The summed E-state index contributed by atoms with van der Waals surface area (Å²) in [7, 11) is -3.24. The van der Waals surface area contributed by atoms with Crippen molar-refractivity contribution in [2.24, 2.45) is 0 Å². The zero-order valence-corrected chi connectivity index (χ0v) is 15.3. The number of hydrogen-bond donors (Lipinski definition) is 1. The topological polar surface area (TPSA) is 84.3 Å². The molecule has 1 N–H and O–H groups in total. The van der Waals surface area contributed by atoms with Gasteiger partial charge in [-0.2, -0.15) is 9.40 Å². The fourth-order valence-electron chi connectivity index (χ4n) is 2.77. The first kappa shape index (κ1) is 17.9. The molecule has 2 heterocycles. The van der Waals surface area contributed by atoms with Crippen LogP contribution in [0.3, 0.4) is 0 Å². The van der Waals surface area contributed by atoms with E-state index in [2.05, 4.69) is 10.4 Å². The van der Waals surface area contributed by atoms with Gasteiger partial charge in [0.05, 0.1) is 41.3 Å². The Morgan fingerprint density at radius 1 is 1.32 bits per heavy atom. The second-order valence-corrected chi connectivity index (χ2v) is 8.35. The molecule has 134 valence electrons. The molecule has 1 aliphatic heterocycles. The first-order valence-corrected chi connectivity index (χ1v) is 10.1. The minimum atomic E-state index is -3.24. The summed E-state index contributed by atoms with van der Waals surface area (Å²) in [6.45, 7) is 1.69. The van der Waals surface area contributed by atoms with Crippen LogP contribution in [0.25, 0.3) is 0 Å². The molecular formula is C16H19ClN4O3S. The summed E-state index contributed by atoms with van der Waals surface area (Å²) in [5, 5.41) is 7.65. The molecule has 3 rings (SSSR count). The summed E-state index contributed by atoms with van der Waals surface area (Å²) in [5.74, 6) is -0.272. The highest BCUT2D eigenvalue weighted by atomic mass is 35.5. The Bertz CT molecular complexity index is 895. The fourth-order valence-corrected chi connectivity index (χ4v) is 3.82. The summed E-state index contributed by atoms with van der Waals surface area (Å²) in [6, 6.07) is 8.66. The maximum Gasteiger partial charge on any atom is 0.253 e. The number of sulfonamides is 1. The number of aryl methyl sites for hydroxylation is 1. The van der Waals surface area contributed by atoms with Gasteiger partial charge in [-0.1, -0.05) is 23.7 Å². The second-order valence-electron chi connectivity index (χ2n) is 5.96. The van der Waals surface area contributed by atoms with Gasteiger partial charge >= 0.3 is 0 Å². The molecule has 2 aromatic rings. The number of fused-ring (bicyclic) bond motifs is 1. The highest BCUT2D eigenvalue weighted by Crippen LogP contribution is 2.17. The molecule has 0 aliphatic carbocycles. The fraction of sp³-hybridized carbons (Fsp3) is 0.375. The number of carbonyl (C=O) groups excluding carboxylic acids is 1. The smallest absolute Gasteiger partial charge is 0.253 e. The van der Waals surface area contributed by atoms with Gasteiger partial charge in [0.25, 0.3) is 5.91 Å². The van der Waals surface area contributed by atoms with Gasteiger partial charge in [0, 0.05) is 13.1 Å².